The molecule has 0 bridgehead atoms. The van der Waals surface area contributed by atoms with Crippen LogP contribution in [0.1, 0.15) is 36.6 Å². The summed E-state index contributed by atoms with van der Waals surface area (Å²) in [6, 6.07) is 7.16. The summed E-state index contributed by atoms with van der Waals surface area (Å²) < 4.78 is 2.45. The van der Waals surface area contributed by atoms with Crippen molar-refractivity contribution in [1.82, 2.24) is 9.88 Å². The molecule has 0 atom stereocenters. The lowest BCUT2D eigenvalue weighted by atomic mass is 9.80. The Morgan fingerprint density at radius 2 is 2.21 bits per heavy atom. The average molecular weight is 336 g/mol. The van der Waals surface area contributed by atoms with Crippen LogP contribution in [0.4, 0.5) is 0 Å². The number of likely N-dealkylation sites (tertiary alicyclic amines) is 1. The van der Waals surface area contributed by atoms with E-state index in [1.54, 1.807) is 0 Å². The van der Waals surface area contributed by atoms with E-state index in [2.05, 4.69) is 45.6 Å². The summed E-state index contributed by atoms with van der Waals surface area (Å²) in [6.45, 7) is 3.67. The minimum Gasteiger partial charge on any atom is -0.296 e. The first-order valence-corrected chi connectivity index (χ1v) is 8.55. The molecule has 1 aliphatic carbocycles. The minimum atomic E-state index is 0.690. The zero-order valence-electron chi connectivity index (χ0n) is 10.7. The predicted octanol–water partition coefficient (Wildman–Crippen LogP) is 4.56. The molecule has 1 radical (unpaired) electrons. The van der Waals surface area contributed by atoms with E-state index in [9.17, 15) is 0 Å². The van der Waals surface area contributed by atoms with Crippen molar-refractivity contribution in [1.29, 1.82) is 0 Å². The maximum atomic E-state index is 4.81. The van der Waals surface area contributed by atoms with Gasteiger partial charge in [-0.1, -0.05) is 15.9 Å². The van der Waals surface area contributed by atoms with E-state index in [1.165, 1.54) is 41.9 Å². The number of halogens is 1. The quantitative estimate of drug-likeness (QED) is 0.799. The highest BCUT2D eigenvalue weighted by Crippen LogP contribution is 2.44. The van der Waals surface area contributed by atoms with E-state index in [0.717, 1.165) is 16.0 Å². The van der Waals surface area contributed by atoms with Crippen LogP contribution in [0.5, 0.6) is 0 Å². The van der Waals surface area contributed by atoms with Gasteiger partial charge in [-0.2, -0.15) is 0 Å². The van der Waals surface area contributed by atoms with E-state index in [0.29, 0.717) is 5.92 Å². The molecule has 1 saturated heterocycles. The van der Waals surface area contributed by atoms with E-state index in [1.807, 2.05) is 11.3 Å². The first-order chi connectivity index (χ1) is 9.29. The number of fused-ring (bicyclic) bond motifs is 1. The van der Waals surface area contributed by atoms with Crippen molar-refractivity contribution in [3.05, 3.63) is 34.2 Å². The summed E-state index contributed by atoms with van der Waals surface area (Å²) in [5, 5.41) is 1.34. The molecule has 99 valence electrons. The average Bonchev–Trinajstić information content (AvgIpc) is 2.95. The highest BCUT2D eigenvalue weighted by atomic mass is 79.9. The van der Waals surface area contributed by atoms with Gasteiger partial charge in [0.25, 0.3) is 0 Å². The third-order valence-electron chi connectivity index (χ3n) is 4.28. The first kappa shape index (κ1) is 12.3. The Morgan fingerprint density at radius 1 is 1.32 bits per heavy atom. The van der Waals surface area contributed by atoms with Crippen molar-refractivity contribution in [3.63, 3.8) is 0 Å². The van der Waals surface area contributed by atoms with Crippen LogP contribution >= 0.6 is 27.3 Å². The van der Waals surface area contributed by atoms with Crippen molar-refractivity contribution < 1.29 is 0 Å². The van der Waals surface area contributed by atoms with Gasteiger partial charge < -0.3 is 0 Å². The molecule has 2 nitrogen and oxygen atoms in total. The molecule has 0 amide bonds. The lowest BCUT2D eigenvalue weighted by Crippen LogP contribution is -2.40. The minimum absolute atomic E-state index is 0.690. The molecule has 1 aromatic carbocycles. The lowest BCUT2D eigenvalue weighted by Gasteiger charge is -2.40. The fraction of sp³-hybridized carbons (Fsp3) is 0.467. The van der Waals surface area contributed by atoms with Gasteiger partial charge >= 0.3 is 0 Å². The number of benzene rings is 1. The molecular weight excluding hydrogens is 320 g/mol. The van der Waals surface area contributed by atoms with Gasteiger partial charge in [-0.3, -0.25) is 4.90 Å². The Hall–Kier alpha value is -0.450. The highest BCUT2D eigenvalue weighted by molar-refractivity contribution is 9.10. The Morgan fingerprint density at radius 3 is 3.00 bits per heavy atom. The van der Waals surface area contributed by atoms with Crippen LogP contribution in [0.2, 0.25) is 0 Å². The van der Waals surface area contributed by atoms with Crippen molar-refractivity contribution >= 4 is 37.5 Å². The van der Waals surface area contributed by atoms with Crippen LogP contribution in [-0.2, 0) is 0 Å². The van der Waals surface area contributed by atoms with Crippen LogP contribution in [0.3, 0.4) is 0 Å². The van der Waals surface area contributed by atoms with Crippen LogP contribution in [0.25, 0.3) is 10.2 Å². The van der Waals surface area contributed by atoms with E-state index >= 15 is 0 Å². The topological polar surface area (TPSA) is 16.1 Å². The van der Waals surface area contributed by atoms with Gasteiger partial charge in [-0.25, -0.2) is 4.98 Å². The molecule has 19 heavy (non-hydrogen) atoms. The van der Waals surface area contributed by atoms with Gasteiger partial charge in [0.15, 0.2) is 0 Å². The number of aromatic nitrogens is 1. The summed E-state index contributed by atoms with van der Waals surface area (Å²) in [6.07, 6.45) is 5.20. The largest absolute Gasteiger partial charge is 0.296 e. The van der Waals surface area contributed by atoms with Crippen molar-refractivity contribution in [2.45, 2.75) is 37.6 Å². The molecule has 1 aliphatic heterocycles. The van der Waals surface area contributed by atoms with Crippen LogP contribution in [0, 0.1) is 6.54 Å². The number of hydrogen-bond donors (Lipinski definition) is 0. The Kier molecular flexibility index (Phi) is 3.13. The molecule has 2 fully saturated rings. The van der Waals surface area contributed by atoms with Crippen LogP contribution in [-0.4, -0.2) is 22.5 Å². The standard InChI is InChI=1S/C15H16BrN2S/c16-11-3-4-13-14(9-11)19-15(17-13)10-7-12(8-10)18-5-1-2-6-18/h3-5,9-10,12H,1-2,6-8H2/t10-,12+. The van der Waals surface area contributed by atoms with Crippen molar-refractivity contribution in [3.8, 4) is 0 Å². The first-order valence-electron chi connectivity index (χ1n) is 6.95. The maximum Gasteiger partial charge on any atom is 0.0970 e. The highest BCUT2D eigenvalue weighted by Gasteiger charge is 2.37. The summed E-state index contributed by atoms with van der Waals surface area (Å²) in [5.74, 6) is 0.690. The van der Waals surface area contributed by atoms with E-state index in [-0.39, 0.29) is 0 Å². The molecule has 4 rings (SSSR count). The number of nitrogens with zero attached hydrogens (tertiary/aromatic N) is 2. The molecule has 0 N–H and O–H groups in total. The normalized spacial score (nSPS) is 27.8. The van der Waals surface area contributed by atoms with Gasteiger partial charge in [0, 0.05) is 23.0 Å². The predicted molar refractivity (Wildman–Crippen MR) is 83.3 cm³/mol. The van der Waals surface area contributed by atoms with Gasteiger partial charge in [0.1, 0.15) is 0 Å². The smallest absolute Gasteiger partial charge is 0.0970 e. The number of thiazole rings is 1. The Bertz CT molecular complexity index is 597. The second-order valence-corrected chi connectivity index (χ2v) is 7.53. The fourth-order valence-electron chi connectivity index (χ4n) is 3.11. The summed E-state index contributed by atoms with van der Waals surface area (Å²) in [5.41, 5.74) is 1.15. The van der Waals surface area contributed by atoms with Crippen molar-refractivity contribution in [2.24, 2.45) is 0 Å². The van der Waals surface area contributed by atoms with Crippen LogP contribution in [0.15, 0.2) is 22.7 Å². The van der Waals surface area contributed by atoms with E-state index in [4.69, 9.17) is 4.98 Å². The third-order valence-corrected chi connectivity index (χ3v) is 5.96. The fourth-order valence-corrected chi connectivity index (χ4v) is 4.75. The van der Waals surface area contributed by atoms with E-state index < -0.39 is 0 Å². The SMILES string of the molecule is Brc1ccc2nc([C@H]3C[C@@H](N4[CH]CCC4)C3)sc2c1. The second kappa shape index (κ2) is 4.83. The summed E-state index contributed by atoms with van der Waals surface area (Å²) in [4.78, 5) is 7.36. The molecule has 4 heteroatoms. The summed E-state index contributed by atoms with van der Waals surface area (Å²) >= 11 is 5.40. The zero-order valence-corrected chi connectivity index (χ0v) is 13.1. The molecule has 0 unspecified atom stereocenters. The molecular formula is C15H16BrN2S. The lowest BCUT2D eigenvalue weighted by molar-refractivity contribution is 0.159. The Balaban J connectivity index is 1.50. The van der Waals surface area contributed by atoms with Gasteiger partial charge in [0.05, 0.1) is 15.2 Å². The molecule has 2 aliphatic rings. The molecule has 1 aromatic heterocycles. The number of hydrogen-bond acceptors (Lipinski definition) is 3. The van der Waals surface area contributed by atoms with Gasteiger partial charge in [-0.15, -0.1) is 11.3 Å². The molecule has 2 heterocycles. The van der Waals surface area contributed by atoms with Crippen molar-refractivity contribution in [2.75, 3.05) is 6.54 Å². The van der Waals surface area contributed by atoms with Gasteiger partial charge in [0.2, 0.25) is 0 Å². The third kappa shape index (κ3) is 2.24. The van der Waals surface area contributed by atoms with Crippen LogP contribution < -0.4 is 0 Å². The molecule has 2 aromatic rings. The molecule has 1 saturated carbocycles. The van der Waals surface area contributed by atoms with Gasteiger partial charge in [-0.05, 0) is 50.4 Å². The summed E-state index contributed by atoms with van der Waals surface area (Å²) in [7, 11) is 0. The number of rotatable bonds is 2. The Labute approximate surface area is 126 Å². The second-order valence-electron chi connectivity index (χ2n) is 5.55. The monoisotopic (exact) mass is 335 g/mol. The molecule has 0 spiro atoms. The maximum absolute atomic E-state index is 4.81. The zero-order chi connectivity index (χ0) is 12.8.